The van der Waals surface area contributed by atoms with E-state index < -0.39 is 0 Å². The van der Waals surface area contributed by atoms with Gasteiger partial charge >= 0.3 is 0 Å². The van der Waals surface area contributed by atoms with E-state index in [1.807, 2.05) is 6.92 Å². The van der Waals surface area contributed by atoms with Gasteiger partial charge in [0, 0.05) is 17.1 Å². The van der Waals surface area contributed by atoms with Crippen molar-refractivity contribution in [2.75, 3.05) is 5.88 Å². The minimum atomic E-state index is -0.280. The molecule has 88 valence electrons. The summed E-state index contributed by atoms with van der Waals surface area (Å²) in [7, 11) is 0. The molecule has 0 bridgehead atoms. The van der Waals surface area contributed by atoms with Crippen molar-refractivity contribution in [1.29, 1.82) is 0 Å². The fraction of sp³-hybridized carbons (Fsp3) is 0.364. The Labute approximate surface area is 104 Å². The second-order valence-corrected chi connectivity index (χ2v) is 4.19. The molecule has 1 rings (SSSR count). The monoisotopic (exact) mass is 261 g/mol. The van der Waals surface area contributed by atoms with Crippen LogP contribution in [0.1, 0.15) is 16.7 Å². The van der Waals surface area contributed by atoms with Crippen molar-refractivity contribution in [1.82, 2.24) is 5.32 Å². The third kappa shape index (κ3) is 2.80. The summed E-state index contributed by atoms with van der Waals surface area (Å²) in [6.45, 7) is 3.84. The number of phenols is 1. The number of alkyl halides is 1. The predicted octanol–water partition coefficient (Wildman–Crippen LogP) is 2.52. The average Bonchev–Trinajstić information content (AvgIpc) is 2.25. The Morgan fingerprint density at radius 3 is 2.69 bits per heavy atom. The van der Waals surface area contributed by atoms with Gasteiger partial charge in [-0.3, -0.25) is 4.79 Å². The van der Waals surface area contributed by atoms with Crippen molar-refractivity contribution in [3.63, 3.8) is 0 Å². The van der Waals surface area contributed by atoms with E-state index in [2.05, 4.69) is 5.32 Å². The van der Waals surface area contributed by atoms with Crippen LogP contribution in [0.2, 0.25) is 5.02 Å². The molecule has 0 aliphatic rings. The molecule has 16 heavy (non-hydrogen) atoms. The van der Waals surface area contributed by atoms with E-state index in [4.69, 9.17) is 23.2 Å². The lowest BCUT2D eigenvalue weighted by atomic mass is 10.0. The molecule has 0 aromatic heterocycles. The number of aryl methyl sites for hydroxylation is 1. The van der Waals surface area contributed by atoms with Crippen LogP contribution in [-0.2, 0) is 11.3 Å². The van der Waals surface area contributed by atoms with Gasteiger partial charge in [0.15, 0.2) is 0 Å². The first-order chi connectivity index (χ1) is 7.47. The summed E-state index contributed by atoms with van der Waals surface area (Å²) < 4.78 is 0. The maximum absolute atomic E-state index is 11.0. The zero-order valence-corrected chi connectivity index (χ0v) is 10.6. The Morgan fingerprint density at radius 2 is 2.12 bits per heavy atom. The van der Waals surface area contributed by atoms with E-state index in [9.17, 15) is 9.90 Å². The molecule has 5 heteroatoms. The summed E-state index contributed by atoms with van der Waals surface area (Å²) in [6.07, 6.45) is 0. The molecule has 0 aliphatic heterocycles. The van der Waals surface area contributed by atoms with E-state index in [0.717, 1.165) is 11.1 Å². The molecule has 0 fully saturated rings. The quantitative estimate of drug-likeness (QED) is 0.822. The highest BCUT2D eigenvalue weighted by molar-refractivity contribution is 6.32. The highest BCUT2D eigenvalue weighted by atomic mass is 35.5. The third-order valence-electron chi connectivity index (χ3n) is 2.37. The van der Waals surface area contributed by atoms with Crippen molar-refractivity contribution in [3.8, 4) is 5.75 Å². The minimum absolute atomic E-state index is 0.0978. The lowest BCUT2D eigenvalue weighted by Crippen LogP contribution is -2.24. The van der Waals surface area contributed by atoms with Crippen LogP contribution in [0.4, 0.5) is 0 Å². The number of hydrogen-bond acceptors (Lipinski definition) is 2. The fourth-order valence-electron chi connectivity index (χ4n) is 1.43. The molecule has 0 spiro atoms. The molecular formula is C11H13Cl2NO2. The maximum atomic E-state index is 11.0. The molecule has 1 aromatic carbocycles. The fourth-order valence-corrected chi connectivity index (χ4v) is 1.70. The molecule has 1 amide bonds. The van der Waals surface area contributed by atoms with Crippen molar-refractivity contribution < 1.29 is 9.90 Å². The number of halogens is 2. The molecule has 0 saturated heterocycles. The topological polar surface area (TPSA) is 49.3 Å². The summed E-state index contributed by atoms with van der Waals surface area (Å²) in [6, 6.07) is 1.58. The van der Waals surface area contributed by atoms with Crippen LogP contribution >= 0.6 is 23.2 Å². The first-order valence-electron chi connectivity index (χ1n) is 4.77. The maximum Gasteiger partial charge on any atom is 0.235 e. The molecule has 0 radical (unpaired) electrons. The Balaban J connectivity index is 2.96. The lowest BCUT2D eigenvalue weighted by molar-refractivity contribution is -0.118. The van der Waals surface area contributed by atoms with E-state index >= 15 is 0 Å². The predicted molar refractivity (Wildman–Crippen MR) is 65.2 cm³/mol. The van der Waals surface area contributed by atoms with E-state index in [-0.39, 0.29) is 24.1 Å². The third-order valence-corrected chi connectivity index (χ3v) is 3.20. The number of amides is 1. The lowest BCUT2D eigenvalue weighted by Gasteiger charge is -2.12. The van der Waals surface area contributed by atoms with Crippen molar-refractivity contribution in [2.45, 2.75) is 20.4 Å². The average molecular weight is 262 g/mol. The van der Waals surface area contributed by atoms with Crippen LogP contribution in [0.15, 0.2) is 6.07 Å². The van der Waals surface area contributed by atoms with E-state index in [0.29, 0.717) is 10.6 Å². The molecule has 0 heterocycles. The van der Waals surface area contributed by atoms with Gasteiger partial charge in [-0.2, -0.15) is 0 Å². The number of nitrogens with one attached hydrogen (secondary N) is 1. The van der Waals surface area contributed by atoms with Crippen molar-refractivity contribution in [2.24, 2.45) is 0 Å². The number of rotatable bonds is 3. The normalized spacial score (nSPS) is 10.2. The van der Waals surface area contributed by atoms with Crippen LogP contribution in [0.5, 0.6) is 5.75 Å². The van der Waals surface area contributed by atoms with Gasteiger partial charge in [0.1, 0.15) is 11.6 Å². The zero-order chi connectivity index (χ0) is 12.3. The Hall–Kier alpha value is -0.930. The second-order valence-electron chi connectivity index (χ2n) is 3.54. The summed E-state index contributed by atoms with van der Waals surface area (Å²) in [5, 5.41) is 12.9. The largest absolute Gasteiger partial charge is 0.508 e. The number of carbonyl (C=O) groups excluding carboxylic acids is 1. The Bertz CT molecular complexity index is 419. The van der Waals surface area contributed by atoms with Gasteiger partial charge < -0.3 is 10.4 Å². The number of aromatic hydroxyl groups is 1. The van der Waals surface area contributed by atoms with Gasteiger partial charge in [0.25, 0.3) is 0 Å². The first kappa shape index (κ1) is 13.1. The second kappa shape index (κ2) is 5.41. The number of phenolic OH excluding ortho intramolecular Hbond substituents is 1. The van der Waals surface area contributed by atoms with E-state index in [1.165, 1.54) is 0 Å². The molecule has 2 N–H and O–H groups in total. The standard InChI is InChI=1S/C11H13Cl2NO2/c1-6-3-9(15)8(7(2)11(6)13)5-14-10(16)4-12/h3,15H,4-5H2,1-2H3,(H,14,16). The van der Waals surface area contributed by atoms with Crippen LogP contribution in [0, 0.1) is 13.8 Å². The van der Waals surface area contributed by atoms with Crippen LogP contribution in [0.3, 0.4) is 0 Å². The SMILES string of the molecule is Cc1cc(O)c(CNC(=O)CCl)c(C)c1Cl. The van der Waals surface area contributed by atoms with Gasteiger partial charge in [-0.25, -0.2) is 0 Å². The van der Waals surface area contributed by atoms with Crippen molar-refractivity contribution >= 4 is 29.1 Å². The number of hydrogen-bond donors (Lipinski definition) is 2. The first-order valence-corrected chi connectivity index (χ1v) is 5.68. The molecule has 0 saturated carbocycles. The summed E-state index contributed by atoms with van der Waals surface area (Å²) >= 11 is 11.4. The van der Waals surface area contributed by atoms with Crippen LogP contribution in [-0.4, -0.2) is 16.9 Å². The molecular weight excluding hydrogens is 249 g/mol. The van der Waals surface area contributed by atoms with Gasteiger partial charge in [0.05, 0.1) is 0 Å². The smallest absolute Gasteiger partial charge is 0.235 e. The Morgan fingerprint density at radius 1 is 1.50 bits per heavy atom. The minimum Gasteiger partial charge on any atom is -0.508 e. The summed E-state index contributed by atoms with van der Waals surface area (Å²) in [5.74, 6) is -0.245. The van der Waals surface area contributed by atoms with Gasteiger partial charge in [-0.15, -0.1) is 11.6 Å². The molecule has 0 unspecified atom stereocenters. The van der Waals surface area contributed by atoms with Gasteiger partial charge in [-0.05, 0) is 31.0 Å². The Kier molecular flexibility index (Phi) is 4.44. The summed E-state index contributed by atoms with van der Waals surface area (Å²) in [5.41, 5.74) is 2.20. The van der Waals surface area contributed by atoms with Crippen LogP contribution in [0.25, 0.3) is 0 Å². The molecule has 3 nitrogen and oxygen atoms in total. The molecule has 0 atom stereocenters. The number of benzene rings is 1. The molecule has 0 aliphatic carbocycles. The number of carbonyl (C=O) groups is 1. The van der Waals surface area contributed by atoms with Gasteiger partial charge in [-0.1, -0.05) is 11.6 Å². The highest BCUT2D eigenvalue weighted by Gasteiger charge is 2.11. The molecule has 1 aromatic rings. The van der Waals surface area contributed by atoms with Crippen molar-refractivity contribution in [3.05, 3.63) is 27.8 Å². The zero-order valence-electron chi connectivity index (χ0n) is 9.10. The highest BCUT2D eigenvalue weighted by Crippen LogP contribution is 2.30. The van der Waals surface area contributed by atoms with E-state index in [1.54, 1.807) is 13.0 Å². The van der Waals surface area contributed by atoms with Gasteiger partial charge in [0.2, 0.25) is 5.91 Å². The summed E-state index contributed by atoms with van der Waals surface area (Å²) in [4.78, 5) is 11.0. The van der Waals surface area contributed by atoms with Crippen LogP contribution < -0.4 is 5.32 Å².